The van der Waals surface area contributed by atoms with Gasteiger partial charge in [-0.2, -0.15) is 0 Å². The van der Waals surface area contributed by atoms with Crippen LogP contribution >= 0.6 is 0 Å². The zero-order valence-corrected chi connectivity index (χ0v) is 12.4. The predicted octanol–water partition coefficient (Wildman–Crippen LogP) is 4.28. The Morgan fingerprint density at radius 2 is 1.72 bits per heavy atom. The molecule has 1 heteroatoms. The number of rotatable bonds is 8. The summed E-state index contributed by atoms with van der Waals surface area (Å²) in [7, 11) is 0. The maximum absolute atomic E-state index is 3.60. The van der Waals surface area contributed by atoms with Crippen molar-refractivity contribution < 1.29 is 0 Å². The molecule has 0 amide bonds. The van der Waals surface area contributed by atoms with Gasteiger partial charge in [-0.25, -0.2) is 0 Å². The Hall–Kier alpha value is -0.820. The molecule has 1 nitrogen and oxygen atoms in total. The summed E-state index contributed by atoms with van der Waals surface area (Å²) >= 11 is 0. The summed E-state index contributed by atoms with van der Waals surface area (Å²) in [5.74, 6) is 1.58. The number of hydrogen-bond donors (Lipinski definition) is 1. The zero-order valence-electron chi connectivity index (χ0n) is 12.4. The summed E-state index contributed by atoms with van der Waals surface area (Å²) in [6.07, 6.45) is 3.81. The molecule has 2 atom stereocenters. The molecule has 1 N–H and O–H groups in total. The lowest BCUT2D eigenvalue weighted by molar-refractivity contribution is 0.354. The van der Waals surface area contributed by atoms with E-state index in [1.54, 1.807) is 0 Å². The highest BCUT2D eigenvalue weighted by Crippen LogP contribution is 2.19. The van der Waals surface area contributed by atoms with Gasteiger partial charge >= 0.3 is 0 Å². The molecule has 1 aromatic rings. The fraction of sp³-hybridized carbons (Fsp3) is 0.647. The van der Waals surface area contributed by atoms with Crippen LogP contribution in [0, 0.1) is 11.8 Å². The van der Waals surface area contributed by atoms with Crippen molar-refractivity contribution in [3.63, 3.8) is 0 Å². The third kappa shape index (κ3) is 6.20. The van der Waals surface area contributed by atoms with Gasteiger partial charge in [-0.1, -0.05) is 64.4 Å². The Morgan fingerprint density at radius 3 is 2.28 bits per heavy atom. The topological polar surface area (TPSA) is 12.0 Å². The first-order chi connectivity index (χ1) is 8.61. The Balaban J connectivity index is 2.53. The van der Waals surface area contributed by atoms with Gasteiger partial charge in [-0.15, -0.1) is 0 Å². The van der Waals surface area contributed by atoms with Gasteiger partial charge in [-0.05, 0) is 36.8 Å². The van der Waals surface area contributed by atoms with Gasteiger partial charge in [0.15, 0.2) is 0 Å². The van der Waals surface area contributed by atoms with Crippen LogP contribution in [0.4, 0.5) is 0 Å². The molecular formula is C17H29N. The van der Waals surface area contributed by atoms with Crippen LogP contribution in [0.3, 0.4) is 0 Å². The molecule has 0 aliphatic carbocycles. The third-order valence-electron chi connectivity index (χ3n) is 3.61. The van der Waals surface area contributed by atoms with Crippen molar-refractivity contribution in [3.8, 4) is 0 Å². The highest BCUT2D eigenvalue weighted by Gasteiger charge is 2.13. The standard InChI is InChI=1S/C17H29N/c1-5-15(4)11-17(13-18-14(2)3)12-16-9-7-6-8-10-16/h6-10,14-15,17-18H,5,11-13H2,1-4H3. The average Bonchev–Trinajstić information content (AvgIpc) is 2.37. The molecular weight excluding hydrogens is 218 g/mol. The molecule has 0 aliphatic rings. The lowest BCUT2D eigenvalue weighted by Gasteiger charge is -2.22. The predicted molar refractivity (Wildman–Crippen MR) is 80.8 cm³/mol. The van der Waals surface area contributed by atoms with Crippen molar-refractivity contribution in [2.24, 2.45) is 11.8 Å². The van der Waals surface area contributed by atoms with E-state index < -0.39 is 0 Å². The molecule has 0 spiro atoms. The van der Waals surface area contributed by atoms with Gasteiger partial charge in [0.2, 0.25) is 0 Å². The van der Waals surface area contributed by atoms with Crippen molar-refractivity contribution in [1.29, 1.82) is 0 Å². The van der Waals surface area contributed by atoms with Gasteiger partial charge in [-0.3, -0.25) is 0 Å². The van der Waals surface area contributed by atoms with Crippen LogP contribution in [0.5, 0.6) is 0 Å². The molecule has 0 bridgehead atoms. The molecule has 2 unspecified atom stereocenters. The van der Waals surface area contributed by atoms with Crippen LogP contribution in [0.2, 0.25) is 0 Å². The van der Waals surface area contributed by atoms with E-state index in [-0.39, 0.29) is 0 Å². The van der Waals surface area contributed by atoms with Gasteiger partial charge in [0.25, 0.3) is 0 Å². The molecule has 102 valence electrons. The minimum absolute atomic E-state index is 0.584. The van der Waals surface area contributed by atoms with E-state index >= 15 is 0 Å². The molecule has 0 saturated carbocycles. The average molecular weight is 247 g/mol. The largest absolute Gasteiger partial charge is 0.314 e. The van der Waals surface area contributed by atoms with Crippen molar-refractivity contribution in [2.75, 3.05) is 6.54 Å². The van der Waals surface area contributed by atoms with E-state index in [1.165, 1.54) is 24.8 Å². The number of hydrogen-bond acceptors (Lipinski definition) is 1. The molecule has 0 aromatic heterocycles. The second kappa shape index (κ2) is 8.31. The van der Waals surface area contributed by atoms with Crippen molar-refractivity contribution in [3.05, 3.63) is 35.9 Å². The van der Waals surface area contributed by atoms with Gasteiger partial charge in [0.05, 0.1) is 0 Å². The molecule has 0 saturated heterocycles. The second-order valence-electron chi connectivity index (χ2n) is 5.87. The van der Waals surface area contributed by atoms with E-state index in [1.807, 2.05) is 0 Å². The van der Waals surface area contributed by atoms with E-state index in [4.69, 9.17) is 0 Å². The molecule has 18 heavy (non-hydrogen) atoms. The molecule has 0 radical (unpaired) electrons. The van der Waals surface area contributed by atoms with E-state index in [0.29, 0.717) is 6.04 Å². The fourth-order valence-corrected chi connectivity index (χ4v) is 2.32. The van der Waals surface area contributed by atoms with Crippen molar-refractivity contribution in [1.82, 2.24) is 5.32 Å². The zero-order chi connectivity index (χ0) is 13.4. The minimum atomic E-state index is 0.584. The summed E-state index contributed by atoms with van der Waals surface area (Å²) in [5, 5.41) is 3.60. The van der Waals surface area contributed by atoms with Crippen LogP contribution in [-0.4, -0.2) is 12.6 Å². The highest BCUT2D eigenvalue weighted by molar-refractivity contribution is 5.15. The summed E-state index contributed by atoms with van der Waals surface area (Å²) in [6, 6.07) is 11.5. The Bertz CT molecular complexity index is 305. The van der Waals surface area contributed by atoms with Crippen LogP contribution < -0.4 is 5.32 Å². The van der Waals surface area contributed by atoms with Crippen LogP contribution in [0.1, 0.15) is 46.1 Å². The lowest BCUT2D eigenvalue weighted by atomic mass is 9.89. The Kier molecular flexibility index (Phi) is 7.04. The summed E-state index contributed by atoms with van der Waals surface area (Å²) < 4.78 is 0. The molecule has 1 rings (SSSR count). The first-order valence-electron chi connectivity index (χ1n) is 7.39. The lowest BCUT2D eigenvalue weighted by Crippen LogP contribution is -2.30. The first-order valence-corrected chi connectivity index (χ1v) is 7.39. The van der Waals surface area contributed by atoms with Gasteiger partial charge in [0.1, 0.15) is 0 Å². The van der Waals surface area contributed by atoms with Crippen LogP contribution in [0.25, 0.3) is 0 Å². The molecule has 0 aliphatic heterocycles. The maximum atomic E-state index is 3.60. The Labute approximate surface area is 113 Å². The van der Waals surface area contributed by atoms with Gasteiger partial charge in [0, 0.05) is 6.04 Å². The van der Waals surface area contributed by atoms with Crippen LogP contribution in [-0.2, 0) is 6.42 Å². The van der Waals surface area contributed by atoms with E-state index in [9.17, 15) is 0 Å². The SMILES string of the molecule is CCC(C)CC(CNC(C)C)Cc1ccccc1. The minimum Gasteiger partial charge on any atom is -0.314 e. The van der Waals surface area contributed by atoms with Gasteiger partial charge < -0.3 is 5.32 Å². The Morgan fingerprint density at radius 1 is 1.06 bits per heavy atom. The summed E-state index contributed by atoms with van der Waals surface area (Å²) in [4.78, 5) is 0. The summed E-state index contributed by atoms with van der Waals surface area (Å²) in [6.45, 7) is 10.2. The maximum Gasteiger partial charge on any atom is 0.00104 e. The smallest absolute Gasteiger partial charge is 0.00104 e. The van der Waals surface area contributed by atoms with E-state index in [0.717, 1.165) is 18.4 Å². The molecule has 0 fully saturated rings. The quantitative estimate of drug-likeness (QED) is 0.723. The summed E-state index contributed by atoms with van der Waals surface area (Å²) in [5.41, 5.74) is 1.47. The molecule has 1 aromatic carbocycles. The van der Waals surface area contributed by atoms with Crippen molar-refractivity contribution >= 4 is 0 Å². The number of nitrogens with one attached hydrogen (secondary N) is 1. The fourth-order valence-electron chi connectivity index (χ4n) is 2.32. The van der Waals surface area contributed by atoms with Crippen molar-refractivity contribution in [2.45, 2.75) is 53.0 Å². The normalized spacial score (nSPS) is 14.7. The second-order valence-corrected chi connectivity index (χ2v) is 5.87. The highest BCUT2D eigenvalue weighted by atomic mass is 14.9. The third-order valence-corrected chi connectivity index (χ3v) is 3.61. The first kappa shape index (κ1) is 15.2. The number of benzene rings is 1. The van der Waals surface area contributed by atoms with E-state index in [2.05, 4.69) is 63.3 Å². The van der Waals surface area contributed by atoms with Crippen LogP contribution in [0.15, 0.2) is 30.3 Å². The monoisotopic (exact) mass is 247 g/mol. The molecule has 0 heterocycles.